The van der Waals surface area contributed by atoms with E-state index in [-0.39, 0.29) is 12.3 Å². The van der Waals surface area contributed by atoms with Crippen LogP contribution in [0.2, 0.25) is 0 Å². The van der Waals surface area contributed by atoms with Gasteiger partial charge in [0.2, 0.25) is 0 Å². The molecule has 1 rings (SSSR count). The molecule has 0 bridgehead atoms. The van der Waals surface area contributed by atoms with Crippen LogP contribution in [0.15, 0.2) is 0 Å². The van der Waals surface area contributed by atoms with Crippen molar-refractivity contribution in [3.05, 3.63) is 22.5 Å². The van der Waals surface area contributed by atoms with Crippen molar-refractivity contribution >= 4 is 17.7 Å². The maximum atomic E-state index is 12.3. The summed E-state index contributed by atoms with van der Waals surface area (Å²) in [6, 6.07) is 0. The summed E-state index contributed by atoms with van der Waals surface area (Å²) >= 11 is 0. The molecule has 122 valence electrons. The minimum Gasteiger partial charge on any atom is -0.479 e. The molecule has 0 saturated carbocycles. The second-order valence-electron chi connectivity index (χ2n) is 5.06. The molecule has 0 aliphatic rings. The number of H-pyrrole nitrogens is 1. The molecule has 1 atom stereocenters. The number of aromatic amines is 1. The maximum Gasteiger partial charge on any atom is 0.334 e. The van der Waals surface area contributed by atoms with Crippen LogP contribution in [0.3, 0.4) is 0 Å². The zero-order valence-electron chi connectivity index (χ0n) is 13.3. The Kier molecular flexibility index (Phi) is 6.30. The van der Waals surface area contributed by atoms with E-state index in [1.54, 1.807) is 6.92 Å². The molecule has 3 N–H and O–H groups in total. The van der Waals surface area contributed by atoms with E-state index in [1.807, 2.05) is 6.92 Å². The fourth-order valence-electron chi connectivity index (χ4n) is 2.39. The molecule has 0 aliphatic heterocycles. The average molecular weight is 310 g/mol. The van der Waals surface area contributed by atoms with E-state index in [0.717, 1.165) is 6.42 Å². The number of nitrogens with one attached hydrogen (secondary N) is 2. The Balaban J connectivity index is 3.00. The summed E-state index contributed by atoms with van der Waals surface area (Å²) in [4.78, 5) is 37.8. The first-order valence-electron chi connectivity index (χ1n) is 7.09. The van der Waals surface area contributed by atoms with Crippen molar-refractivity contribution in [1.29, 1.82) is 0 Å². The highest BCUT2D eigenvalue weighted by molar-refractivity contribution is 6.02. The number of aryl methyl sites for hydroxylation is 1. The van der Waals surface area contributed by atoms with Gasteiger partial charge in [0.1, 0.15) is 5.69 Å². The summed E-state index contributed by atoms with van der Waals surface area (Å²) in [6.07, 6.45) is 0.268. The highest BCUT2D eigenvalue weighted by Crippen LogP contribution is 2.21. The van der Waals surface area contributed by atoms with Crippen LogP contribution in [-0.4, -0.2) is 47.5 Å². The van der Waals surface area contributed by atoms with Crippen LogP contribution >= 0.6 is 0 Å². The lowest BCUT2D eigenvalue weighted by molar-refractivity contribution is -0.148. The molecule has 0 aliphatic carbocycles. The van der Waals surface area contributed by atoms with Crippen LogP contribution in [0.5, 0.6) is 0 Å². The van der Waals surface area contributed by atoms with Gasteiger partial charge in [-0.05, 0) is 25.8 Å². The lowest BCUT2D eigenvalue weighted by atomic mass is 10.0. The number of methoxy groups -OCH3 is 1. The predicted molar refractivity (Wildman–Crippen MR) is 80.3 cm³/mol. The molecule has 0 aromatic carbocycles. The van der Waals surface area contributed by atoms with Crippen LogP contribution in [0.1, 0.15) is 52.4 Å². The number of ether oxygens (including phenoxy) is 1. The molecule has 1 unspecified atom stereocenters. The maximum absolute atomic E-state index is 12.3. The van der Waals surface area contributed by atoms with E-state index in [9.17, 15) is 14.4 Å². The molecule has 1 amide bonds. The summed E-state index contributed by atoms with van der Waals surface area (Å²) in [5.74, 6) is -1.69. The molecule has 7 nitrogen and oxygen atoms in total. The Hall–Kier alpha value is -2.15. The van der Waals surface area contributed by atoms with E-state index < -0.39 is 18.0 Å². The van der Waals surface area contributed by atoms with E-state index in [0.29, 0.717) is 28.9 Å². The Bertz CT molecular complexity index is 577. The smallest absolute Gasteiger partial charge is 0.334 e. The monoisotopic (exact) mass is 310 g/mol. The van der Waals surface area contributed by atoms with Gasteiger partial charge in [0.15, 0.2) is 11.9 Å². The lowest BCUT2D eigenvalue weighted by Crippen LogP contribution is -2.38. The molecule has 22 heavy (non-hydrogen) atoms. The summed E-state index contributed by atoms with van der Waals surface area (Å²) < 4.78 is 4.76. The number of aliphatic carboxylic acids is 1. The van der Waals surface area contributed by atoms with Crippen molar-refractivity contribution in [3.63, 3.8) is 0 Å². The Morgan fingerprint density at radius 2 is 2.00 bits per heavy atom. The van der Waals surface area contributed by atoms with Gasteiger partial charge in [0, 0.05) is 18.4 Å². The van der Waals surface area contributed by atoms with Gasteiger partial charge in [-0.15, -0.1) is 0 Å². The molecule has 0 saturated heterocycles. The molecular weight excluding hydrogens is 288 g/mol. The summed E-state index contributed by atoms with van der Waals surface area (Å²) in [5.41, 5.74) is 2.16. The lowest BCUT2D eigenvalue weighted by Gasteiger charge is -2.12. The van der Waals surface area contributed by atoms with Gasteiger partial charge >= 0.3 is 5.97 Å². The molecule has 0 fully saturated rings. The molecule has 1 aromatic rings. The fraction of sp³-hybridized carbons (Fsp3) is 0.533. The first kappa shape index (κ1) is 17.9. The quantitative estimate of drug-likeness (QED) is 0.627. The molecule has 1 heterocycles. The first-order chi connectivity index (χ1) is 10.3. The molecular formula is C15H22N2O5. The van der Waals surface area contributed by atoms with Crippen LogP contribution in [0.4, 0.5) is 0 Å². The largest absolute Gasteiger partial charge is 0.479 e. The van der Waals surface area contributed by atoms with E-state index >= 15 is 0 Å². The van der Waals surface area contributed by atoms with E-state index in [2.05, 4.69) is 10.3 Å². The van der Waals surface area contributed by atoms with Gasteiger partial charge in [0.05, 0.1) is 6.54 Å². The van der Waals surface area contributed by atoms with Crippen LogP contribution in [-0.2, 0) is 16.0 Å². The van der Waals surface area contributed by atoms with Crippen molar-refractivity contribution < 1.29 is 24.2 Å². The van der Waals surface area contributed by atoms with Crippen molar-refractivity contribution in [2.45, 2.75) is 39.7 Å². The summed E-state index contributed by atoms with van der Waals surface area (Å²) in [5, 5.41) is 11.4. The summed E-state index contributed by atoms with van der Waals surface area (Å²) in [6.45, 7) is 5.01. The average Bonchev–Trinajstić information content (AvgIpc) is 2.76. The third-order valence-corrected chi connectivity index (χ3v) is 3.38. The van der Waals surface area contributed by atoms with Crippen molar-refractivity contribution in [1.82, 2.24) is 10.3 Å². The summed E-state index contributed by atoms with van der Waals surface area (Å²) in [7, 11) is 1.26. The molecule has 0 spiro atoms. The van der Waals surface area contributed by atoms with Crippen LogP contribution in [0.25, 0.3) is 0 Å². The second kappa shape index (κ2) is 7.74. The molecule has 1 aromatic heterocycles. The van der Waals surface area contributed by atoms with Gasteiger partial charge in [-0.25, -0.2) is 4.79 Å². The van der Waals surface area contributed by atoms with Crippen LogP contribution in [0, 0.1) is 6.92 Å². The molecule has 0 radical (unpaired) electrons. The Morgan fingerprint density at radius 1 is 1.36 bits per heavy atom. The number of ketones is 1. The van der Waals surface area contributed by atoms with Crippen LogP contribution < -0.4 is 5.32 Å². The van der Waals surface area contributed by atoms with Gasteiger partial charge in [-0.2, -0.15) is 0 Å². The number of aromatic nitrogens is 1. The highest BCUT2D eigenvalue weighted by atomic mass is 16.5. The third-order valence-electron chi connectivity index (χ3n) is 3.38. The SMILES string of the molecule is CCCc1c(C(=O)NCC(OC)C(=O)O)[nH]c(C)c1C(C)=O. The molecule has 7 heteroatoms. The minimum atomic E-state index is -1.15. The number of carboxylic acids is 1. The second-order valence-corrected chi connectivity index (χ2v) is 5.06. The number of carboxylic acid groups (broad SMARTS) is 1. The van der Waals surface area contributed by atoms with Crippen molar-refractivity contribution in [3.8, 4) is 0 Å². The topological polar surface area (TPSA) is 108 Å². The number of hydrogen-bond acceptors (Lipinski definition) is 4. The zero-order valence-corrected chi connectivity index (χ0v) is 13.3. The van der Waals surface area contributed by atoms with Gasteiger partial charge < -0.3 is 20.1 Å². The number of amides is 1. The normalized spacial score (nSPS) is 12.0. The predicted octanol–water partition coefficient (Wildman–Crippen LogP) is 1.31. The number of rotatable bonds is 8. The van der Waals surface area contributed by atoms with Crippen molar-refractivity contribution in [2.24, 2.45) is 0 Å². The van der Waals surface area contributed by atoms with E-state index in [4.69, 9.17) is 9.84 Å². The Morgan fingerprint density at radius 3 is 2.45 bits per heavy atom. The number of carbonyl (C=O) groups is 3. The van der Waals surface area contributed by atoms with Crippen molar-refractivity contribution in [2.75, 3.05) is 13.7 Å². The highest BCUT2D eigenvalue weighted by Gasteiger charge is 2.23. The standard InChI is InChI=1S/C15H22N2O5/c1-5-6-10-12(9(3)18)8(2)17-13(10)14(19)16-7-11(22-4)15(20)21/h11,17H,5-7H2,1-4H3,(H,16,19)(H,20,21). The van der Waals surface area contributed by atoms with Gasteiger partial charge in [-0.1, -0.05) is 13.3 Å². The Labute approximate surface area is 129 Å². The van der Waals surface area contributed by atoms with Gasteiger partial charge in [-0.3, -0.25) is 9.59 Å². The number of hydrogen-bond donors (Lipinski definition) is 3. The van der Waals surface area contributed by atoms with Gasteiger partial charge in [0.25, 0.3) is 5.91 Å². The fourth-order valence-corrected chi connectivity index (χ4v) is 2.39. The minimum absolute atomic E-state index is 0.100. The zero-order chi connectivity index (χ0) is 16.9. The number of carbonyl (C=O) groups excluding carboxylic acids is 2. The third kappa shape index (κ3) is 3.94. The van der Waals surface area contributed by atoms with E-state index in [1.165, 1.54) is 14.0 Å². The number of Topliss-reactive ketones (excluding diaryl/α,β-unsaturated/α-hetero) is 1. The first-order valence-corrected chi connectivity index (χ1v) is 7.09.